The van der Waals surface area contributed by atoms with Crippen molar-refractivity contribution in [1.29, 1.82) is 0 Å². The van der Waals surface area contributed by atoms with Crippen LogP contribution in [0.2, 0.25) is 0 Å². The fourth-order valence-electron chi connectivity index (χ4n) is 1.21. The van der Waals surface area contributed by atoms with Crippen LogP contribution in [-0.2, 0) is 6.42 Å². The Morgan fingerprint density at radius 3 is 2.69 bits per heavy atom. The Balaban J connectivity index is 2.78. The van der Waals surface area contributed by atoms with Gasteiger partial charge in [-0.3, -0.25) is 0 Å². The van der Waals surface area contributed by atoms with Gasteiger partial charge in [0.2, 0.25) is 0 Å². The smallest absolute Gasteiger partial charge is 0.0624 e. The Labute approximate surface area is 77.8 Å². The van der Waals surface area contributed by atoms with Gasteiger partial charge in [-0.1, -0.05) is 24.3 Å². The highest BCUT2D eigenvalue weighted by Crippen LogP contribution is 2.12. The molecule has 0 spiro atoms. The highest BCUT2D eigenvalue weighted by Gasteiger charge is 2.03. The third kappa shape index (κ3) is 2.81. The number of aliphatic hydroxyl groups is 2. The molecule has 0 saturated heterocycles. The first-order chi connectivity index (χ1) is 6.27. The second-order valence-electron chi connectivity index (χ2n) is 3.01. The molecule has 0 aliphatic heterocycles. The summed E-state index contributed by atoms with van der Waals surface area (Å²) in [5.74, 6) is 0. The molecule has 3 nitrogen and oxygen atoms in total. The zero-order valence-electron chi connectivity index (χ0n) is 7.48. The molecule has 0 aromatic heterocycles. The Kier molecular flexibility index (Phi) is 3.89. The lowest BCUT2D eigenvalue weighted by molar-refractivity contribution is 0.268. The fraction of sp³-hybridized carbons (Fsp3) is 0.400. The van der Waals surface area contributed by atoms with Crippen LogP contribution in [0, 0.1) is 0 Å². The van der Waals surface area contributed by atoms with Gasteiger partial charge in [0.1, 0.15) is 0 Å². The van der Waals surface area contributed by atoms with Gasteiger partial charge in [0.05, 0.1) is 12.6 Å². The number of nitrogens with two attached hydrogens (primary N) is 1. The van der Waals surface area contributed by atoms with Crippen LogP contribution < -0.4 is 5.73 Å². The van der Waals surface area contributed by atoms with Crippen LogP contribution in [0.15, 0.2) is 24.3 Å². The van der Waals surface area contributed by atoms with E-state index in [0.29, 0.717) is 6.42 Å². The molecule has 0 heterocycles. The maximum atomic E-state index is 8.83. The second-order valence-corrected chi connectivity index (χ2v) is 3.01. The Bertz CT molecular complexity index is 263. The third-order valence-corrected chi connectivity index (χ3v) is 1.98. The van der Waals surface area contributed by atoms with Gasteiger partial charge in [-0.05, 0) is 17.5 Å². The molecule has 4 N–H and O–H groups in total. The van der Waals surface area contributed by atoms with E-state index < -0.39 is 0 Å². The summed E-state index contributed by atoms with van der Waals surface area (Å²) in [6.45, 7) is 0.0837. The van der Waals surface area contributed by atoms with Crippen LogP contribution in [0.5, 0.6) is 0 Å². The SMILES string of the molecule is NC(CO)c1cccc(CCO)c1. The molecule has 1 rings (SSSR count). The van der Waals surface area contributed by atoms with Crippen molar-refractivity contribution in [1.82, 2.24) is 0 Å². The standard InChI is InChI=1S/C10H15NO2/c11-10(7-13)9-3-1-2-8(6-9)4-5-12/h1-3,6,10,12-13H,4-5,7,11H2. The number of hydrogen-bond acceptors (Lipinski definition) is 3. The van der Waals surface area contributed by atoms with Crippen LogP contribution in [0.25, 0.3) is 0 Å². The van der Waals surface area contributed by atoms with E-state index in [1.54, 1.807) is 0 Å². The number of aliphatic hydroxyl groups excluding tert-OH is 2. The van der Waals surface area contributed by atoms with Gasteiger partial charge in [-0.2, -0.15) is 0 Å². The molecule has 0 amide bonds. The van der Waals surface area contributed by atoms with Crippen molar-refractivity contribution >= 4 is 0 Å². The highest BCUT2D eigenvalue weighted by molar-refractivity contribution is 5.26. The van der Waals surface area contributed by atoms with Crippen molar-refractivity contribution < 1.29 is 10.2 Å². The van der Waals surface area contributed by atoms with Gasteiger partial charge in [-0.15, -0.1) is 0 Å². The topological polar surface area (TPSA) is 66.5 Å². The summed E-state index contributed by atoms with van der Waals surface area (Å²) in [5, 5.41) is 17.6. The van der Waals surface area contributed by atoms with E-state index in [2.05, 4.69) is 0 Å². The van der Waals surface area contributed by atoms with Crippen LogP contribution in [0.3, 0.4) is 0 Å². The summed E-state index contributed by atoms with van der Waals surface area (Å²) >= 11 is 0. The zero-order valence-corrected chi connectivity index (χ0v) is 7.48. The van der Waals surface area contributed by atoms with Gasteiger partial charge in [0, 0.05) is 6.61 Å². The number of benzene rings is 1. The first-order valence-corrected chi connectivity index (χ1v) is 4.34. The highest BCUT2D eigenvalue weighted by atomic mass is 16.3. The van der Waals surface area contributed by atoms with Crippen molar-refractivity contribution in [3.63, 3.8) is 0 Å². The summed E-state index contributed by atoms with van der Waals surface area (Å²) in [5.41, 5.74) is 7.60. The molecule has 0 radical (unpaired) electrons. The number of hydrogen-bond donors (Lipinski definition) is 3. The first-order valence-electron chi connectivity index (χ1n) is 4.34. The normalized spacial score (nSPS) is 12.8. The van der Waals surface area contributed by atoms with Gasteiger partial charge >= 0.3 is 0 Å². The minimum absolute atomic E-state index is 0.0530. The first kappa shape index (κ1) is 10.2. The molecule has 1 atom stereocenters. The van der Waals surface area contributed by atoms with Crippen molar-refractivity contribution in [2.75, 3.05) is 13.2 Å². The lowest BCUT2D eigenvalue weighted by Gasteiger charge is -2.09. The van der Waals surface area contributed by atoms with Crippen LogP contribution in [0.4, 0.5) is 0 Å². The zero-order chi connectivity index (χ0) is 9.68. The molecule has 3 heteroatoms. The molecule has 0 aliphatic rings. The molecular weight excluding hydrogens is 166 g/mol. The van der Waals surface area contributed by atoms with Crippen molar-refractivity contribution in [2.24, 2.45) is 5.73 Å². The monoisotopic (exact) mass is 181 g/mol. The molecule has 0 fully saturated rings. The Morgan fingerprint density at radius 1 is 1.31 bits per heavy atom. The lowest BCUT2D eigenvalue weighted by Crippen LogP contribution is -2.14. The molecule has 1 aromatic carbocycles. The van der Waals surface area contributed by atoms with E-state index in [0.717, 1.165) is 11.1 Å². The molecule has 1 aromatic rings. The second kappa shape index (κ2) is 4.97. The van der Waals surface area contributed by atoms with Gasteiger partial charge in [-0.25, -0.2) is 0 Å². The molecule has 0 bridgehead atoms. The van der Waals surface area contributed by atoms with E-state index in [4.69, 9.17) is 15.9 Å². The lowest BCUT2D eigenvalue weighted by atomic mass is 10.0. The predicted molar refractivity (Wildman–Crippen MR) is 51.2 cm³/mol. The van der Waals surface area contributed by atoms with Gasteiger partial charge in [0.15, 0.2) is 0 Å². The summed E-state index contributed by atoms with van der Waals surface area (Å²) in [6, 6.07) is 7.29. The predicted octanol–water partition coefficient (Wildman–Crippen LogP) is 0.213. The molecule has 0 saturated carbocycles. The van der Waals surface area contributed by atoms with Crippen LogP contribution in [0.1, 0.15) is 17.2 Å². The van der Waals surface area contributed by atoms with E-state index in [-0.39, 0.29) is 19.3 Å². The van der Waals surface area contributed by atoms with E-state index in [1.807, 2.05) is 24.3 Å². The average Bonchev–Trinajstić information content (AvgIpc) is 2.18. The Morgan fingerprint density at radius 2 is 2.08 bits per heavy atom. The van der Waals surface area contributed by atoms with E-state index in [1.165, 1.54) is 0 Å². The minimum Gasteiger partial charge on any atom is -0.396 e. The van der Waals surface area contributed by atoms with Crippen LogP contribution >= 0.6 is 0 Å². The summed E-state index contributed by atoms with van der Waals surface area (Å²) < 4.78 is 0. The van der Waals surface area contributed by atoms with Crippen molar-refractivity contribution in [3.05, 3.63) is 35.4 Å². The molecule has 1 unspecified atom stereocenters. The maximum absolute atomic E-state index is 8.83. The van der Waals surface area contributed by atoms with Crippen molar-refractivity contribution in [2.45, 2.75) is 12.5 Å². The summed E-state index contributed by atoms with van der Waals surface area (Å²) in [4.78, 5) is 0. The molecular formula is C10H15NO2. The van der Waals surface area contributed by atoms with Gasteiger partial charge in [0.25, 0.3) is 0 Å². The maximum Gasteiger partial charge on any atom is 0.0624 e. The van der Waals surface area contributed by atoms with Crippen LogP contribution in [-0.4, -0.2) is 23.4 Å². The van der Waals surface area contributed by atoms with E-state index in [9.17, 15) is 0 Å². The molecule has 0 aliphatic carbocycles. The Hall–Kier alpha value is -0.900. The number of rotatable bonds is 4. The molecule has 13 heavy (non-hydrogen) atoms. The average molecular weight is 181 g/mol. The van der Waals surface area contributed by atoms with E-state index >= 15 is 0 Å². The largest absolute Gasteiger partial charge is 0.396 e. The summed E-state index contributed by atoms with van der Waals surface area (Å²) in [7, 11) is 0. The van der Waals surface area contributed by atoms with Crippen molar-refractivity contribution in [3.8, 4) is 0 Å². The molecule has 72 valence electrons. The fourth-order valence-corrected chi connectivity index (χ4v) is 1.21. The quantitative estimate of drug-likeness (QED) is 0.622. The summed E-state index contributed by atoms with van der Waals surface area (Å²) in [6.07, 6.45) is 0.631. The minimum atomic E-state index is -0.321. The third-order valence-electron chi connectivity index (χ3n) is 1.98. The van der Waals surface area contributed by atoms with Gasteiger partial charge < -0.3 is 15.9 Å².